The van der Waals surface area contributed by atoms with E-state index in [1.165, 1.54) is 6.42 Å². The summed E-state index contributed by atoms with van der Waals surface area (Å²) in [5.41, 5.74) is 0.799. The summed E-state index contributed by atoms with van der Waals surface area (Å²) in [4.78, 5) is 18.9. The van der Waals surface area contributed by atoms with Gasteiger partial charge in [-0.3, -0.25) is 4.79 Å². The third-order valence-corrected chi connectivity index (χ3v) is 4.55. The summed E-state index contributed by atoms with van der Waals surface area (Å²) < 4.78 is 4.21. The lowest BCUT2D eigenvalue weighted by Crippen LogP contribution is -2.41. The molecule has 1 amide bonds. The number of rotatable bonds is 3. The fraction of sp³-hybridized carbons (Fsp3) is 0.556. The second kappa shape index (κ2) is 6.22. The minimum absolute atomic E-state index is 0.00435. The molecule has 23 heavy (non-hydrogen) atoms. The smallest absolute Gasteiger partial charge is 0.255 e. The second-order valence-corrected chi connectivity index (χ2v) is 7.50. The minimum Gasteiger partial charge on any atom is -0.348 e. The average molecular weight is 314 g/mol. The molecule has 5 heteroatoms. The Morgan fingerprint density at radius 3 is 2.83 bits per heavy atom. The van der Waals surface area contributed by atoms with Crippen molar-refractivity contribution in [2.45, 2.75) is 45.7 Å². The van der Waals surface area contributed by atoms with Crippen molar-refractivity contribution >= 4 is 5.91 Å². The summed E-state index contributed by atoms with van der Waals surface area (Å²) in [6.07, 6.45) is 11.9. The molecule has 0 spiro atoms. The van der Waals surface area contributed by atoms with E-state index in [-0.39, 0.29) is 11.4 Å². The van der Waals surface area contributed by atoms with E-state index in [1.807, 2.05) is 35.9 Å². The van der Waals surface area contributed by atoms with Crippen molar-refractivity contribution in [2.24, 2.45) is 5.92 Å². The summed E-state index contributed by atoms with van der Waals surface area (Å²) in [5.74, 6) is 0.662. The second-order valence-electron chi connectivity index (χ2n) is 7.50. The molecule has 1 fully saturated rings. The first kappa shape index (κ1) is 15.8. The zero-order chi connectivity index (χ0) is 16.4. The van der Waals surface area contributed by atoms with Crippen LogP contribution >= 0.6 is 0 Å². The number of aromatic nitrogens is 3. The van der Waals surface area contributed by atoms with Crippen LogP contribution in [0.15, 0.2) is 37.2 Å². The molecule has 2 aromatic rings. The van der Waals surface area contributed by atoms with Gasteiger partial charge in [-0.2, -0.15) is 0 Å². The fourth-order valence-corrected chi connectivity index (χ4v) is 3.21. The Bertz CT molecular complexity index is 651. The SMILES string of the molecule is CC(C)(C)n1ccc(C(=O)N2CCC[C@@H](Cn3ccnc3)C2)c1. The van der Waals surface area contributed by atoms with Crippen LogP contribution < -0.4 is 0 Å². The first-order valence-electron chi connectivity index (χ1n) is 8.37. The van der Waals surface area contributed by atoms with E-state index in [2.05, 4.69) is 34.9 Å². The van der Waals surface area contributed by atoms with Crippen molar-refractivity contribution in [3.8, 4) is 0 Å². The maximum absolute atomic E-state index is 12.8. The number of amides is 1. The molecule has 0 bridgehead atoms. The van der Waals surface area contributed by atoms with Gasteiger partial charge in [0.15, 0.2) is 0 Å². The molecule has 0 radical (unpaired) electrons. The van der Waals surface area contributed by atoms with Crippen molar-refractivity contribution < 1.29 is 4.79 Å². The van der Waals surface area contributed by atoms with E-state index in [0.29, 0.717) is 5.92 Å². The zero-order valence-corrected chi connectivity index (χ0v) is 14.3. The highest BCUT2D eigenvalue weighted by molar-refractivity contribution is 5.94. The van der Waals surface area contributed by atoms with E-state index in [4.69, 9.17) is 0 Å². The van der Waals surface area contributed by atoms with Gasteiger partial charge >= 0.3 is 0 Å². The lowest BCUT2D eigenvalue weighted by molar-refractivity contribution is 0.0662. The van der Waals surface area contributed by atoms with E-state index in [0.717, 1.165) is 31.6 Å². The van der Waals surface area contributed by atoms with Crippen LogP contribution in [0.25, 0.3) is 0 Å². The van der Waals surface area contributed by atoms with E-state index in [1.54, 1.807) is 6.20 Å². The van der Waals surface area contributed by atoms with Gasteiger partial charge in [0.1, 0.15) is 0 Å². The van der Waals surface area contributed by atoms with Crippen LogP contribution in [0.3, 0.4) is 0 Å². The van der Waals surface area contributed by atoms with Crippen LogP contribution in [0.2, 0.25) is 0 Å². The van der Waals surface area contributed by atoms with E-state index in [9.17, 15) is 4.79 Å². The minimum atomic E-state index is 0.00435. The average Bonchev–Trinajstić information content (AvgIpc) is 3.17. The number of nitrogens with zero attached hydrogens (tertiary/aromatic N) is 4. The molecule has 0 aliphatic carbocycles. The Hall–Kier alpha value is -2.04. The van der Waals surface area contributed by atoms with Gasteiger partial charge in [0.2, 0.25) is 0 Å². The monoisotopic (exact) mass is 314 g/mol. The summed E-state index contributed by atoms with van der Waals surface area (Å²) >= 11 is 0. The first-order chi connectivity index (χ1) is 10.9. The molecule has 1 atom stereocenters. The molecule has 5 nitrogen and oxygen atoms in total. The van der Waals surface area contributed by atoms with Gasteiger partial charge in [-0.05, 0) is 45.6 Å². The lowest BCUT2D eigenvalue weighted by atomic mass is 9.97. The lowest BCUT2D eigenvalue weighted by Gasteiger charge is -2.32. The highest BCUT2D eigenvalue weighted by Crippen LogP contribution is 2.22. The van der Waals surface area contributed by atoms with Crippen molar-refractivity contribution in [1.29, 1.82) is 0 Å². The molecule has 0 N–H and O–H groups in total. The number of hydrogen-bond acceptors (Lipinski definition) is 2. The Morgan fingerprint density at radius 1 is 1.35 bits per heavy atom. The van der Waals surface area contributed by atoms with Crippen molar-refractivity contribution in [1.82, 2.24) is 19.0 Å². The third-order valence-electron chi connectivity index (χ3n) is 4.55. The van der Waals surface area contributed by atoms with Gasteiger partial charge in [-0.25, -0.2) is 4.98 Å². The highest BCUT2D eigenvalue weighted by Gasteiger charge is 2.25. The van der Waals surface area contributed by atoms with Crippen LogP contribution in [-0.4, -0.2) is 38.0 Å². The predicted molar refractivity (Wildman–Crippen MR) is 90.3 cm³/mol. The summed E-state index contributed by atoms with van der Waals surface area (Å²) in [6, 6.07) is 1.94. The molecule has 0 unspecified atom stereocenters. The van der Waals surface area contributed by atoms with Crippen LogP contribution in [0.1, 0.15) is 44.0 Å². The topological polar surface area (TPSA) is 43.1 Å². The summed E-state index contributed by atoms with van der Waals surface area (Å²) in [6.45, 7) is 9.06. The molecule has 124 valence electrons. The van der Waals surface area contributed by atoms with E-state index >= 15 is 0 Å². The highest BCUT2D eigenvalue weighted by atomic mass is 16.2. The molecule has 0 aromatic carbocycles. The number of carbonyl (C=O) groups is 1. The van der Waals surface area contributed by atoms with Crippen molar-refractivity contribution in [3.05, 3.63) is 42.7 Å². The summed E-state index contributed by atoms with van der Waals surface area (Å²) in [7, 11) is 0. The Labute approximate surface area is 137 Å². The molecule has 0 saturated carbocycles. The number of carbonyl (C=O) groups excluding carboxylic acids is 1. The molecule has 2 aromatic heterocycles. The van der Waals surface area contributed by atoms with Crippen LogP contribution in [0.4, 0.5) is 0 Å². The van der Waals surface area contributed by atoms with Crippen LogP contribution in [-0.2, 0) is 12.1 Å². The normalized spacial score (nSPS) is 19.1. The number of imidazole rings is 1. The Kier molecular flexibility index (Phi) is 4.28. The molecular formula is C18H26N4O. The standard InChI is InChI=1S/C18H26N4O/c1-18(2,3)22-9-6-16(13-22)17(23)21-8-4-5-15(12-21)11-20-10-7-19-14-20/h6-7,9-10,13-15H,4-5,8,11-12H2,1-3H3/t15-/m0/s1. The molecule has 3 heterocycles. The molecule has 1 saturated heterocycles. The van der Waals surface area contributed by atoms with E-state index < -0.39 is 0 Å². The van der Waals surface area contributed by atoms with Gasteiger partial charge in [-0.1, -0.05) is 0 Å². The number of piperidine rings is 1. The van der Waals surface area contributed by atoms with Gasteiger partial charge in [-0.15, -0.1) is 0 Å². The Balaban J connectivity index is 1.66. The van der Waals surface area contributed by atoms with Gasteiger partial charge < -0.3 is 14.0 Å². The van der Waals surface area contributed by atoms with Gasteiger partial charge in [0.05, 0.1) is 11.9 Å². The van der Waals surface area contributed by atoms with Crippen molar-refractivity contribution in [2.75, 3.05) is 13.1 Å². The number of hydrogen-bond donors (Lipinski definition) is 0. The maximum Gasteiger partial charge on any atom is 0.255 e. The molecule has 1 aliphatic rings. The van der Waals surface area contributed by atoms with Crippen molar-refractivity contribution in [3.63, 3.8) is 0 Å². The van der Waals surface area contributed by atoms with Crippen LogP contribution in [0.5, 0.6) is 0 Å². The maximum atomic E-state index is 12.8. The summed E-state index contributed by atoms with van der Waals surface area (Å²) in [5, 5.41) is 0. The molecule has 1 aliphatic heterocycles. The van der Waals surface area contributed by atoms with Crippen LogP contribution in [0, 0.1) is 5.92 Å². The zero-order valence-electron chi connectivity index (χ0n) is 14.3. The van der Waals surface area contributed by atoms with Gasteiger partial charge in [0.25, 0.3) is 5.91 Å². The first-order valence-corrected chi connectivity index (χ1v) is 8.37. The van der Waals surface area contributed by atoms with Gasteiger partial charge in [0, 0.05) is 50.0 Å². The number of likely N-dealkylation sites (tertiary alicyclic amines) is 1. The fourth-order valence-electron chi connectivity index (χ4n) is 3.21. The third kappa shape index (κ3) is 3.66. The molecular weight excluding hydrogens is 288 g/mol. The predicted octanol–water partition coefficient (Wildman–Crippen LogP) is 2.99. The quantitative estimate of drug-likeness (QED) is 0.874. The molecule has 3 rings (SSSR count). The largest absolute Gasteiger partial charge is 0.348 e. The Morgan fingerprint density at radius 2 is 2.17 bits per heavy atom.